The molecule has 1 atom stereocenters. The lowest BCUT2D eigenvalue weighted by Crippen LogP contribution is -2.10. The maximum absolute atomic E-state index is 6.23. The summed E-state index contributed by atoms with van der Waals surface area (Å²) in [6.45, 7) is 8.48. The molecular weight excluding hydrogens is 325 g/mol. The van der Waals surface area contributed by atoms with E-state index in [0.717, 1.165) is 5.69 Å². The molecule has 0 saturated carbocycles. The van der Waals surface area contributed by atoms with Crippen LogP contribution in [0.2, 0.25) is 15.1 Å². The van der Waals surface area contributed by atoms with Crippen molar-refractivity contribution < 1.29 is 0 Å². The molecule has 0 spiro atoms. The van der Waals surface area contributed by atoms with Gasteiger partial charge in [-0.25, -0.2) is 0 Å². The van der Waals surface area contributed by atoms with E-state index in [1.165, 1.54) is 22.3 Å². The largest absolute Gasteiger partial charge is 0.377 e. The fourth-order valence-corrected chi connectivity index (χ4v) is 3.41. The molecule has 21 heavy (non-hydrogen) atoms. The molecule has 0 saturated heterocycles. The first-order valence-corrected chi connectivity index (χ1v) is 7.91. The molecule has 0 heterocycles. The van der Waals surface area contributed by atoms with Crippen LogP contribution in [0.25, 0.3) is 0 Å². The van der Waals surface area contributed by atoms with Crippen molar-refractivity contribution in [3.63, 3.8) is 0 Å². The Labute approximate surface area is 141 Å². The van der Waals surface area contributed by atoms with E-state index in [4.69, 9.17) is 34.8 Å². The average molecular weight is 343 g/mol. The van der Waals surface area contributed by atoms with Crippen LogP contribution >= 0.6 is 34.8 Å². The van der Waals surface area contributed by atoms with Gasteiger partial charge in [0.25, 0.3) is 0 Å². The highest BCUT2D eigenvalue weighted by molar-refractivity contribution is 6.44. The van der Waals surface area contributed by atoms with Gasteiger partial charge < -0.3 is 5.32 Å². The van der Waals surface area contributed by atoms with E-state index in [-0.39, 0.29) is 6.04 Å². The summed E-state index contributed by atoms with van der Waals surface area (Å²) in [5.41, 5.74) is 5.88. The molecule has 0 aromatic heterocycles. The average Bonchev–Trinajstić information content (AvgIpc) is 2.34. The number of benzene rings is 2. The van der Waals surface area contributed by atoms with E-state index < -0.39 is 0 Å². The molecule has 0 radical (unpaired) electrons. The SMILES string of the molecule is Cc1cc(C)c(C(C)Nc2cc(Cl)c(Cl)cc2Cl)c(C)c1. The van der Waals surface area contributed by atoms with Gasteiger partial charge in [0.15, 0.2) is 0 Å². The van der Waals surface area contributed by atoms with Crippen LogP contribution in [0.15, 0.2) is 24.3 Å². The first-order chi connectivity index (χ1) is 9.79. The lowest BCUT2D eigenvalue weighted by atomic mass is 9.95. The summed E-state index contributed by atoms with van der Waals surface area (Å²) < 4.78 is 0. The van der Waals surface area contributed by atoms with Gasteiger partial charge in [0.2, 0.25) is 0 Å². The fraction of sp³-hybridized carbons (Fsp3) is 0.294. The van der Waals surface area contributed by atoms with Crippen molar-refractivity contribution in [3.8, 4) is 0 Å². The molecule has 1 nitrogen and oxygen atoms in total. The lowest BCUT2D eigenvalue weighted by Gasteiger charge is -2.22. The van der Waals surface area contributed by atoms with Crippen molar-refractivity contribution in [2.24, 2.45) is 0 Å². The van der Waals surface area contributed by atoms with Gasteiger partial charge in [-0.2, -0.15) is 0 Å². The highest BCUT2D eigenvalue weighted by Gasteiger charge is 2.14. The van der Waals surface area contributed by atoms with Gasteiger partial charge in [-0.05, 0) is 56.5 Å². The Morgan fingerprint density at radius 2 is 1.33 bits per heavy atom. The van der Waals surface area contributed by atoms with E-state index in [2.05, 4.69) is 45.1 Å². The van der Waals surface area contributed by atoms with Crippen molar-refractivity contribution in [1.29, 1.82) is 0 Å². The van der Waals surface area contributed by atoms with Crippen molar-refractivity contribution in [1.82, 2.24) is 0 Å². The van der Waals surface area contributed by atoms with E-state index >= 15 is 0 Å². The van der Waals surface area contributed by atoms with E-state index in [0.29, 0.717) is 15.1 Å². The number of hydrogen-bond acceptors (Lipinski definition) is 1. The Morgan fingerprint density at radius 3 is 1.90 bits per heavy atom. The van der Waals surface area contributed by atoms with Gasteiger partial charge in [-0.3, -0.25) is 0 Å². The van der Waals surface area contributed by atoms with Crippen molar-refractivity contribution in [3.05, 3.63) is 61.6 Å². The van der Waals surface area contributed by atoms with Crippen molar-refractivity contribution in [2.75, 3.05) is 5.32 Å². The summed E-state index contributed by atoms with van der Waals surface area (Å²) in [5, 5.41) is 4.94. The first-order valence-electron chi connectivity index (χ1n) is 6.78. The summed E-state index contributed by atoms with van der Waals surface area (Å²) in [7, 11) is 0. The van der Waals surface area contributed by atoms with Crippen molar-refractivity contribution >= 4 is 40.5 Å². The topological polar surface area (TPSA) is 12.0 Å². The van der Waals surface area contributed by atoms with Gasteiger partial charge >= 0.3 is 0 Å². The minimum atomic E-state index is 0.125. The third-order valence-electron chi connectivity index (χ3n) is 3.55. The molecule has 0 amide bonds. The predicted molar refractivity (Wildman–Crippen MR) is 94.2 cm³/mol. The van der Waals surface area contributed by atoms with E-state index in [1.54, 1.807) is 12.1 Å². The Kier molecular flexibility index (Phi) is 5.08. The zero-order valence-electron chi connectivity index (χ0n) is 12.5. The smallest absolute Gasteiger partial charge is 0.0653 e. The highest BCUT2D eigenvalue weighted by Crippen LogP contribution is 2.35. The molecule has 0 aliphatic rings. The molecule has 4 heteroatoms. The van der Waals surface area contributed by atoms with Gasteiger partial charge in [-0.1, -0.05) is 52.5 Å². The van der Waals surface area contributed by atoms with Crippen LogP contribution in [0.5, 0.6) is 0 Å². The molecule has 2 aromatic carbocycles. The Balaban J connectivity index is 2.35. The number of aryl methyl sites for hydroxylation is 3. The summed E-state index contributed by atoms with van der Waals surface area (Å²) in [5.74, 6) is 0. The van der Waals surface area contributed by atoms with Crippen LogP contribution in [0.1, 0.15) is 35.2 Å². The zero-order valence-corrected chi connectivity index (χ0v) is 14.8. The molecule has 1 unspecified atom stereocenters. The Morgan fingerprint density at radius 1 is 0.810 bits per heavy atom. The number of rotatable bonds is 3. The normalized spacial score (nSPS) is 12.3. The summed E-state index contributed by atoms with van der Waals surface area (Å²) in [6, 6.07) is 7.94. The summed E-state index contributed by atoms with van der Waals surface area (Å²) in [6.07, 6.45) is 0. The van der Waals surface area contributed by atoms with Crippen LogP contribution in [0.3, 0.4) is 0 Å². The van der Waals surface area contributed by atoms with Crippen molar-refractivity contribution in [2.45, 2.75) is 33.7 Å². The second-order valence-corrected chi connectivity index (χ2v) is 6.65. The summed E-state index contributed by atoms with van der Waals surface area (Å²) in [4.78, 5) is 0. The van der Waals surface area contributed by atoms with Crippen LogP contribution in [-0.2, 0) is 0 Å². The Hall–Kier alpha value is -0.890. The van der Waals surface area contributed by atoms with Gasteiger partial charge in [-0.15, -0.1) is 0 Å². The maximum Gasteiger partial charge on any atom is 0.0653 e. The maximum atomic E-state index is 6.23. The molecule has 0 aliphatic heterocycles. The van der Waals surface area contributed by atoms with Crippen LogP contribution in [-0.4, -0.2) is 0 Å². The molecule has 0 aliphatic carbocycles. The molecule has 2 rings (SSSR count). The van der Waals surface area contributed by atoms with Crippen LogP contribution < -0.4 is 5.32 Å². The molecule has 2 aromatic rings. The van der Waals surface area contributed by atoms with Gasteiger partial charge in [0.05, 0.1) is 20.8 Å². The van der Waals surface area contributed by atoms with Gasteiger partial charge in [0.1, 0.15) is 0 Å². The number of nitrogens with one attached hydrogen (secondary N) is 1. The third-order valence-corrected chi connectivity index (χ3v) is 4.59. The summed E-state index contributed by atoms with van der Waals surface area (Å²) >= 11 is 18.3. The standard InChI is InChI=1S/C17H18Cl3N/c1-9-5-10(2)17(11(3)6-9)12(4)21-16-8-14(19)13(18)7-15(16)20/h5-8,12,21H,1-4H3. The molecule has 0 bridgehead atoms. The molecule has 112 valence electrons. The highest BCUT2D eigenvalue weighted by atomic mass is 35.5. The van der Waals surface area contributed by atoms with Gasteiger partial charge in [0, 0.05) is 6.04 Å². The first kappa shape index (κ1) is 16.5. The fourth-order valence-electron chi connectivity index (χ4n) is 2.81. The second-order valence-electron chi connectivity index (χ2n) is 5.42. The third kappa shape index (κ3) is 3.66. The minimum absolute atomic E-state index is 0.125. The lowest BCUT2D eigenvalue weighted by molar-refractivity contribution is 0.862. The minimum Gasteiger partial charge on any atom is -0.377 e. The van der Waals surface area contributed by atoms with Crippen LogP contribution in [0, 0.1) is 20.8 Å². The second kappa shape index (κ2) is 6.48. The van der Waals surface area contributed by atoms with E-state index in [1.807, 2.05) is 0 Å². The van der Waals surface area contributed by atoms with Crippen LogP contribution in [0.4, 0.5) is 5.69 Å². The number of anilines is 1. The molecule has 1 N–H and O–H groups in total. The zero-order chi connectivity index (χ0) is 15.7. The monoisotopic (exact) mass is 341 g/mol. The Bertz CT molecular complexity index is 657. The predicted octanol–water partition coefficient (Wildman–Crippen LogP) is 6.75. The number of halogens is 3. The molecule has 0 fully saturated rings. The number of hydrogen-bond donors (Lipinski definition) is 1. The quantitative estimate of drug-likeness (QED) is 0.609. The molecular formula is C17H18Cl3N. The van der Waals surface area contributed by atoms with E-state index in [9.17, 15) is 0 Å².